The SMILES string of the molecule is CCN(CC(F)(F)F)c1nc(N)nc(-n2cncn2)n1. The molecule has 0 radical (unpaired) electrons. The van der Waals surface area contributed by atoms with Gasteiger partial charge in [0.2, 0.25) is 11.9 Å². The van der Waals surface area contributed by atoms with Gasteiger partial charge in [0.1, 0.15) is 19.2 Å². The van der Waals surface area contributed by atoms with E-state index in [0.717, 1.165) is 4.90 Å². The van der Waals surface area contributed by atoms with E-state index in [4.69, 9.17) is 5.73 Å². The Labute approximate surface area is 111 Å². The maximum Gasteiger partial charge on any atom is 0.406 e. The summed E-state index contributed by atoms with van der Waals surface area (Å²) in [5.41, 5.74) is 5.49. The first-order valence-corrected chi connectivity index (χ1v) is 5.57. The van der Waals surface area contributed by atoms with E-state index in [0.29, 0.717) is 0 Å². The molecule has 0 saturated heterocycles. The molecule has 2 N–H and O–H groups in total. The molecule has 8 nitrogen and oxygen atoms in total. The molecule has 0 atom stereocenters. The third-order valence-electron chi connectivity index (χ3n) is 2.29. The highest BCUT2D eigenvalue weighted by atomic mass is 19.4. The number of nitrogens with zero attached hydrogens (tertiary/aromatic N) is 7. The molecule has 0 unspecified atom stereocenters. The Bertz CT molecular complexity index is 567. The molecule has 0 saturated carbocycles. The third kappa shape index (κ3) is 3.30. The minimum atomic E-state index is -4.37. The van der Waals surface area contributed by atoms with E-state index >= 15 is 0 Å². The van der Waals surface area contributed by atoms with Gasteiger partial charge in [0.25, 0.3) is 5.95 Å². The number of hydrogen-bond donors (Lipinski definition) is 1. The van der Waals surface area contributed by atoms with Gasteiger partial charge in [0.15, 0.2) is 0 Å². The van der Waals surface area contributed by atoms with E-state index in [9.17, 15) is 13.2 Å². The van der Waals surface area contributed by atoms with Crippen LogP contribution in [0, 0.1) is 0 Å². The number of halogens is 3. The number of hydrogen-bond acceptors (Lipinski definition) is 7. The molecule has 0 aliphatic carbocycles. The van der Waals surface area contributed by atoms with E-state index in [-0.39, 0.29) is 24.4 Å². The molecule has 0 amide bonds. The van der Waals surface area contributed by atoms with Gasteiger partial charge in [-0.15, -0.1) is 0 Å². The zero-order valence-electron chi connectivity index (χ0n) is 10.4. The summed E-state index contributed by atoms with van der Waals surface area (Å²) in [6, 6.07) is 0. The van der Waals surface area contributed by atoms with Crippen LogP contribution in [0.3, 0.4) is 0 Å². The summed E-state index contributed by atoms with van der Waals surface area (Å²) >= 11 is 0. The number of rotatable bonds is 4. The molecule has 0 aromatic carbocycles. The van der Waals surface area contributed by atoms with Crippen LogP contribution < -0.4 is 10.6 Å². The van der Waals surface area contributed by atoms with E-state index in [1.54, 1.807) is 6.92 Å². The van der Waals surface area contributed by atoms with Gasteiger partial charge in [-0.05, 0) is 6.92 Å². The van der Waals surface area contributed by atoms with Crippen LogP contribution in [0.2, 0.25) is 0 Å². The fraction of sp³-hybridized carbons (Fsp3) is 0.444. The van der Waals surface area contributed by atoms with Gasteiger partial charge >= 0.3 is 6.18 Å². The summed E-state index contributed by atoms with van der Waals surface area (Å²) < 4.78 is 38.6. The normalized spacial score (nSPS) is 11.6. The molecule has 20 heavy (non-hydrogen) atoms. The molecule has 108 valence electrons. The molecule has 0 spiro atoms. The molecule has 11 heteroatoms. The van der Waals surface area contributed by atoms with Crippen LogP contribution in [-0.2, 0) is 0 Å². The van der Waals surface area contributed by atoms with Crippen molar-refractivity contribution in [2.24, 2.45) is 0 Å². The van der Waals surface area contributed by atoms with Gasteiger partial charge in [0.05, 0.1) is 0 Å². The predicted octanol–water partition coefficient (Wildman–Crippen LogP) is 0.423. The zero-order chi connectivity index (χ0) is 14.8. The summed E-state index contributed by atoms with van der Waals surface area (Å²) in [6.07, 6.45) is -1.82. The van der Waals surface area contributed by atoms with Crippen molar-refractivity contribution in [2.45, 2.75) is 13.1 Å². The number of nitrogens with two attached hydrogens (primary N) is 1. The fourth-order valence-electron chi connectivity index (χ4n) is 1.47. The average molecular weight is 288 g/mol. The van der Waals surface area contributed by atoms with Crippen molar-refractivity contribution >= 4 is 11.9 Å². The summed E-state index contributed by atoms with van der Waals surface area (Å²) in [4.78, 5) is 16.1. The first-order valence-electron chi connectivity index (χ1n) is 5.57. The number of anilines is 2. The van der Waals surface area contributed by atoms with Crippen LogP contribution in [0.25, 0.3) is 5.95 Å². The predicted molar refractivity (Wildman–Crippen MR) is 63.1 cm³/mol. The molecule has 0 aliphatic rings. The maximum atomic E-state index is 12.5. The Kier molecular flexibility index (Phi) is 3.68. The quantitative estimate of drug-likeness (QED) is 0.870. The second kappa shape index (κ2) is 5.27. The fourth-order valence-corrected chi connectivity index (χ4v) is 1.47. The lowest BCUT2D eigenvalue weighted by molar-refractivity contribution is -0.119. The largest absolute Gasteiger partial charge is 0.406 e. The van der Waals surface area contributed by atoms with Crippen LogP contribution in [0.4, 0.5) is 25.1 Å². The summed E-state index contributed by atoms with van der Waals surface area (Å²) in [5, 5.41) is 3.78. The van der Waals surface area contributed by atoms with Crippen molar-refractivity contribution in [3.63, 3.8) is 0 Å². The minimum Gasteiger partial charge on any atom is -0.368 e. The maximum absolute atomic E-state index is 12.5. The van der Waals surface area contributed by atoms with Gasteiger partial charge in [-0.3, -0.25) is 0 Å². The highest BCUT2D eigenvalue weighted by Crippen LogP contribution is 2.20. The Morgan fingerprint density at radius 2 is 2.05 bits per heavy atom. The first-order chi connectivity index (χ1) is 9.39. The summed E-state index contributed by atoms with van der Waals surface area (Å²) in [5.74, 6) is -0.352. The second-order valence-corrected chi connectivity index (χ2v) is 3.76. The third-order valence-corrected chi connectivity index (χ3v) is 2.29. The molecular formula is C9H11F3N8. The summed E-state index contributed by atoms with van der Waals surface area (Å²) in [7, 11) is 0. The highest BCUT2D eigenvalue weighted by Gasteiger charge is 2.31. The lowest BCUT2D eigenvalue weighted by Gasteiger charge is -2.22. The Morgan fingerprint density at radius 1 is 1.30 bits per heavy atom. The van der Waals surface area contributed by atoms with E-state index in [1.807, 2.05) is 0 Å². The van der Waals surface area contributed by atoms with Gasteiger partial charge in [-0.1, -0.05) is 0 Å². The molecular weight excluding hydrogens is 277 g/mol. The van der Waals surface area contributed by atoms with E-state index in [2.05, 4.69) is 25.0 Å². The average Bonchev–Trinajstić information content (AvgIpc) is 2.88. The number of nitrogen functional groups attached to an aromatic ring is 1. The molecule has 2 heterocycles. The standard InChI is InChI=1S/C9H11F3N8/c1-2-19(3-9(10,11)12)7-16-6(13)17-8(18-7)20-5-14-4-15-20/h4-5H,2-3H2,1H3,(H2,13,16,17,18). The van der Waals surface area contributed by atoms with Gasteiger partial charge in [-0.25, -0.2) is 4.98 Å². The van der Waals surface area contributed by atoms with Crippen LogP contribution >= 0.6 is 0 Å². The molecule has 0 bridgehead atoms. The Balaban J connectivity index is 2.36. The minimum absolute atomic E-state index is 0.00521. The summed E-state index contributed by atoms with van der Waals surface area (Å²) in [6.45, 7) is 0.449. The smallest absolute Gasteiger partial charge is 0.368 e. The van der Waals surface area contributed by atoms with E-state index < -0.39 is 12.7 Å². The zero-order valence-corrected chi connectivity index (χ0v) is 10.4. The van der Waals surface area contributed by atoms with Crippen LogP contribution in [0.5, 0.6) is 0 Å². The number of aromatic nitrogens is 6. The van der Waals surface area contributed by atoms with Crippen molar-refractivity contribution < 1.29 is 13.2 Å². The lowest BCUT2D eigenvalue weighted by Crippen LogP contribution is -2.35. The molecule has 0 aliphatic heterocycles. The lowest BCUT2D eigenvalue weighted by atomic mass is 10.5. The Hall–Kier alpha value is -2.46. The molecule has 0 fully saturated rings. The molecule has 2 aromatic rings. The highest BCUT2D eigenvalue weighted by molar-refractivity contribution is 5.37. The molecule has 2 rings (SSSR count). The van der Waals surface area contributed by atoms with Crippen molar-refractivity contribution in [1.82, 2.24) is 29.7 Å². The van der Waals surface area contributed by atoms with Crippen molar-refractivity contribution in [2.75, 3.05) is 23.7 Å². The van der Waals surface area contributed by atoms with Crippen LogP contribution in [0.1, 0.15) is 6.92 Å². The Morgan fingerprint density at radius 3 is 2.60 bits per heavy atom. The van der Waals surface area contributed by atoms with Crippen molar-refractivity contribution in [1.29, 1.82) is 0 Å². The van der Waals surface area contributed by atoms with Crippen molar-refractivity contribution in [3.05, 3.63) is 12.7 Å². The monoisotopic (exact) mass is 288 g/mol. The first kappa shape index (κ1) is 14.0. The van der Waals surface area contributed by atoms with Gasteiger partial charge < -0.3 is 10.6 Å². The van der Waals surface area contributed by atoms with E-state index in [1.165, 1.54) is 17.3 Å². The second-order valence-electron chi connectivity index (χ2n) is 3.76. The van der Waals surface area contributed by atoms with Gasteiger partial charge in [0, 0.05) is 6.54 Å². The molecule has 2 aromatic heterocycles. The van der Waals surface area contributed by atoms with Crippen LogP contribution in [-0.4, -0.2) is 49.0 Å². The van der Waals surface area contributed by atoms with Crippen molar-refractivity contribution in [3.8, 4) is 5.95 Å². The number of alkyl halides is 3. The van der Waals surface area contributed by atoms with Gasteiger partial charge in [-0.2, -0.15) is 37.9 Å². The van der Waals surface area contributed by atoms with Crippen LogP contribution in [0.15, 0.2) is 12.7 Å². The topological polar surface area (TPSA) is 98.6 Å².